The molecule has 0 atom stereocenters. The Labute approximate surface area is 88.8 Å². The Hall–Kier alpha value is -1.39. The molecule has 4 heteroatoms. The summed E-state index contributed by atoms with van der Waals surface area (Å²) in [5, 5.41) is 8.50. The predicted molar refractivity (Wildman–Crippen MR) is 56.9 cm³/mol. The summed E-state index contributed by atoms with van der Waals surface area (Å²) in [6, 6.07) is 6.75. The Morgan fingerprint density at radius 1 is 1.33 bits per heavy atom. The van der Waals surface area contributed by atoms with Gasteiger partial charge in [0.15, 0.2) is 12.6 Å². The lowest BCUT2D eigenvalue weighted by Crippen LogP contribution is -2.07. The smallest absolute Gasteiger partial charge is 0.186 e. The number of aliphatic hydroxyl groups is 1. The normalized spacial score (nSPS) is 9.60. The van der Waals surface area contributed by atoms with Crippen LogP contribution >= 0.6 is 0 Å². The number of carbonyl (C=O) groups excluding carboxylic acids is 1. The molecule has 1 aromatic rings. The van der Waals surface area contributed by atoms with E-state index in [1.54, 1.807) is 24.3 Å². The largest absolute Gasteiger partial charge is 0.468 e. The first-order valence-electron chi connectivity index (χ1n) is 4.53. The molecule has 0 saturated heterocycles. The lowest BCUT2D eigenvalue weighted by Gasteiger charge is -2.05. The van der Waals surface area contributed by atoms with Crippen LogP contribution in [0.3, 0.4) is 0 Å². The first-order chi connectivity index (χ1) is 6.65. The second-order valence-electron chi connectivity index (χ2n) is 3.32. The summed E-state index contributed by atoms with van der Waals surface area (Å²) in [6.45, 7) is 3.37. The third-order valence-corrected chi connectivity index (χ3v) is 1.89. The van der Waals surface area contributed by atoms with Gasteiger partial charge in [-0.3, -0.25) is 4.79 Å². The zero-order valence-corrected chi connectivity index (χ0v) is 8.86. The molecule has 0 aliphatic rings. The van der Waals surface area contributed by atoms with Crippen LogP contribution in [0.5, 0.6) is 5.75 Å². The number of carbonyl (C=O) groups is 1. The van der Waals surface area contributed by atoms with Gasteiger partial charge in [0, 0.05) is 11.5 Å². The van der Waals surface area contributed by atoms with Crippen LogP contribution in [-0.4, -0.2) is 23.2 Å². The summed E-state index contributed by atoms with van der Waals surface area (Å²) in [7, 11) is 0. The van der Waals surface area contributed by atoms with Gasteiger partial charge in [0.2, 0.25) is 0 Å². The van der Waals surface area contributed by atoms with Gasteiger partial charge < -0.3 is 15.3 Å². The Balaban J connectivity index is 0.00000196. The molecule has 1 aromatic carbocycles. The van der Waals surface area contributed by atoms with E-state index in [2.05, 4.69) is 0 Å². The van der Waals surface area contributed by atoms with Crippen molar-refractivity contribution in [1.29, 1.82) is 0 Å². The van der Waals surface area contributed by atoms with E-state index < -0.39 is 0 Å². The Bertz CT molecular complexity index is 303. The molecule has 84 valence electrons. The number of benzene rings is 1. The zero-order chi connectivity index (χ0) is 10.6. The lowest BCUT2D eigenvalue weighted by molar-refractivity contribution is 0.0938. The number of hydrogen-bond donors (Lipinski definition) is 1. The first-order valence-corrected chi connectivity index (χ1v) is 4.53. The lowest BCUT2D eigenvalue weighted by atomic mass is 10.0. The van der Waals surface area contributed by atoms with Crippen molar-refractivity contribution in [2.45, 2.75) is 13.8 Å². The van der Waals surface area contributed by atoms with E-state index >= 15 is 0 Å². The van der Waals surface area contributed by atoms with Crippen LogP contribution in [0, 0.1) is 5.92 Å². The molecule has 0 spiro atoms. The minimum atomic E-state index is -0.350. The molecule has 15 heavy (non-hydrogen) atoms. The van der Waals surface area contributed by atoms with Crippen LogP contribution in [0.1, 0.15) is 24.2 Å². The van der Waals surface area contributed by atoms with Crippen LogP contribution < -0.4 is 4.74 Å². The molecule has 0 aliphatic heterocycles. The highest BCUT2D eigenvalue weighted by Crippen LogP contribution is 2.14. The topological polar surface area (TPSA) is 78.0 Å². The highest BCUT2D eigenvalue weighted by molar-refractivity contribution is 5.97. The van der Waals surface area contributed by atoms with Crippen molar-refractivity contribution in [3.05, 3.63) is 29.8 Å². The van der Waals surface area contributed by atoms with Gasteiger partial charge in [-0.1, -0.05) is 13.8 Å². The van der Waals surface area contributed by atoms with Crippen molar-refractivity contribution < 1.29 is 20.1 Å². The second-order valence-corrected chi connectivity index (χ2v) is 3.32. The molecule has 0 fully saturated rings. The standard InChI is InChI=1S/C11H14O3.H2O/c1-8(2)11(13)9-3-5-10(6-4-9)14-7-12;/h3-6,8,12H,7H2,1-2H3;1H2. The van der Waals surface area contributed by atoms with Crippen molar-refractivity contribution >= 4 is 5.78 Å². The van der Waals surface area contributed by atoms with E-state index in [1.165, 1.54) is 0 Å². The third kappa shape index (κ3) is 3.69. The minimum Gasteiger partial charge on any atom is -0.468 e. The highest BCUT2D eigenvalue weighted by atomic mass is 16.6. The Kier molecular flexibility index (Phi) is 5.59. The summed E-state index contributed by atoms with van der Waals surface area (Å²) in [5.74, 6) is 0.674. The van der Waals surface area contributed by atoms with Crippen molar-refractivity contribution in [3.63, 3.8) is 0 Å². The van der Waals surface area contributed by atoms with E-state index in [4.69, 9.17) is 9.84 Å². The average Bonchev–Trinajstić information content (AvgIpc) is 2.18. The van der Waals surface area contributed by atoms with E-state index in [0.717, 1.165) is 0 Å². The summed E-state index contributed by atoms with van der Waals surface area (Å²) < 4.78 is 4.85. The summed E-state index contributed by atoms with van der Waals surface area (Å²) >= 11 is 0. The summed E-state index contributed by atoms with van der Waals surface area (Å²) in [5.41, 5.74) is 0.672. The Morgan fingerprint density at radius 3 is 2.27 bits per heavy atom. The molecular formula is C11H16O4. The molecule has 0 amide bonds. The third-order valence-electron chi connectivity index (χ3n) is 1.89. The molecule has 0 aliphatic carbocycles. The van der Waals surface area contributed by atoms with Gasteiger partial charge in [0.05, 0.1) is 0 Å². The molecule has 1 rings (SSSR count). The number of rotatable bonds is 4. The fourth-order valence-electron chi connectivity index (χ4n) is 1.12. The van der Waals surface area contributed by atoms with Gasteiger partial charge >= 0.3 is 0 Å². The summed E-state index contributed by atoms with van der Waals surface area (Å²) in [6.07, 6.45) is 0. The van der Waals surface area contributed by atoms with E-state index in [9.17, 15) is 4.79 Å². The maximum Gasteiger partial charge on any atom is 0.186 e. The van der Waals surface area contributed by atoms with E-state index in [0.29, 0.717) is 11.3 Å². The maximum atomic E-state index is 11.5. The molecule has 0 bridgehead atoms. The molecule has 4 nitrogen and oxygen atoms in total. The molecule has 0 saturated carbocycles. The van der Waals surface area contributed by atoms with Crippen molar-refractivity contribution in [2.75, 3.05) is 6.79 Å². The fraction of sp³-hybridized carbons (Fsp3) is 0.364. The molecule has 0 heterocycles. The van der Waals surface area contributed by atoms with Gasteiger partial charge in [0.25, 0.3) is 0 Å². The minimum absolute atomic E-state index is 0. The first kappa shape index (κ1) is 13.6. The molecule has 0 aromatic heterocycles. The highest BCUT2D eigenvalue weighted by Gasteiger charge is 2.09. The van der Waals surface area contributed by atoms with Gasteiger partial charge in [-0.2, -0.15) is 0 Å². The van der Waals surface area contributed by atoms with Crippen LogP contribution in [0.4, 0.5) is 0 Å². The van der Waals surface area contributed by atoms with Crippen LogP contribution in [-0.2, 0) is 0 Å². The SMILES string of the molecule is CC(C)C(=O)c1ccc(OCO)cc1.O. The van der Waals surface area contributed by atoms with Crippen molar-refractivity contribution in [3.8, 4) is 5.75 Å². The van der Waals surface area contributed by atoms with Crippen molar-refractivity contribution in [2.24, 2.45) is 5.92 Å². The average molecular weight is 212 g/mol. The van der Waals surface area contributed by atoms with Gasteiger partial charge in [0.1, 0.15) is 5.75 Å². The Morgan fingerprint density at radius 2 is 1.87 bits per heavy atom. The quantitative estimate of drug-likeness (QED) is 0.598. The van der Waals surface area contributed by atoms with Gasteiger partial charge in [-0.15, -0.1) is 0 Å². The fourth-order valence-corrected chi connectivity index (χ4v) is 1.12. The molecule has 3 N–H and O–H groups in total. The van der Waals surface area contributed by atoms with Crippen molar-refractivity contribution in [1.82, 2.24) is 0 Å². The number of Topliss-reactive ketones (excluding diaryl/α,β-unsaturated/α-hetero) is 1. The number of ether oxygens (including phenoxy) is 1. The maximum absolute atomic E-state index is 11.5. The van der Waals surface area contributed by atoms with E-state index in [-0.39, 0.29) is 24.0 Å². The van der Waals surface area contributed by atoms with Crippen LogP contribution in [0.25, 0.3) is 0 Å². The predicted octanol–water partition coefficient (Wildman–Crippen LogP) is 1.03. The monoisotopic (exact) mass is 212 g/mol. The number of ketones is 1. The zero-order valence-electron chi connectivity index (χ0n) is 8.86. The number of aliphatic hydroxyl groups excluding tert-OH is 1. The van der Waals surface area contributed by atoms with E-state index in [1.807, 2.05) is 13.8 Å². The molecule has 0 radical (unpaired) electrons. The molecular weight excluding hydrogens is 196 g/mol. The number of hydrogen-bond acceptors (Lipinski definition) is 3. The van der Waals surface area contributed by atoms with Crippen LogP contribution in [0.15, 0.2) is 24.3 Å². The molecule has 0 unspecified atom stereocenters. The van der Waals surface area contributed by atoms with Gasteiger partial charge in [-0.05, 0) is 24.3 Å². The second kappa shape index (κ2) is 6.16. The summed E-state index contributed by atoms with van der Waals surface area (Å²) in [4.78, 5) is 11.5. The van der Waals surface area contributed by atoms with Crippen LogP contribution in [0.2, 0.25) is 0 Å². The van der Waals surface area contributed by atoms with Gasteiger partial charge in [-0.25, -0.2) is 0 Å².